The molecule has 0 aliphatic carbocycles. The summed E-state index contributed by atoms with van der Waals surface area (Å²) >= 11 is 0. The summed E-state index contributed by atoms with van der Waals surface area (Å²) in [7, 11) is -1.70. The maximum absolute atomic E-state index is 11.9. The normalized spacial score (nSPS) is 20.2. The molecule has 1 fully saturated rings. The van der Waals surface area contributed by atoms with E-state index in [1.54, 1.807) is 13.8 Å². The van der Waals surface area contributed by atoms with Crippen LogP contribution in [-0.2, 0) is 14.8 Å². The number of sulfonamides is 1. The number of hydrogen-bond acceptors (Lipinski definition) is 5. The minimum absolute atomic E-state index is 0.0367. The zero-order chi connectivity index (χ0) is 13.8. The summed E-state index contributed by atoms with van der Waals surface area (Å²) in [6.45, 7) is 6.62. The van der Waals surface area contributed by atoms with Crippen LogP contribution in [0.15, 0.2) is 0 Å². The molecule has 1 N–H and O–H groups in total. The Kier molecular flexibility index (Phi) is 5.54. The van der Waals surface area contributed by atoms with E-state index in [0.717, 1.165) is 0 Å². The van der Waals surface area contributed by atoms with Crippen LogP contribution in [0, 0.1) is 0 Å². The van der Waals surface area contributed by atoms with Crippen LogP contribution in [0.2, 0.25) is 0 Å². The molecule has 0 radical (unpaired) electrons. The smallest absolute Gasteiger partial charge is 0.216 e. The first-order chi connectivity index (χ1) is 8.24. The largest absolute Gasteiger partial charge is 0.389 e. The molecule has 0 aromatic heterocycles. The standard InChI is InChI=1S/C11H24N2O4S/c1-11(2,14)10-12-4-6-13(7-5-12)18(15,16)9-8-17-3/h14H,4-10H2,1-3H3. The number of hydrogen-bond donors (Lipinski definition) is 1. The second kappa shape index (κ2) is 6.29. The highest BCUT2D eigenvalue weighted by molar-refractivity contribution is 7.89. The quantitative estimate of drug-likeness (QED) is 0.700. The van der Waals surface area contributed by atoms with Crippen LogP contribution in [0.5, 0.6) is 0 Å². The van der Waals surface area contributed by atoms with Crippen LogP contribution in [0.4, 0.5) is 0 Å². The number of β-amino-alcohol motifs (C(OH)–C–C–N with tert-alkyl or cyclic N) is 1. The monoisotopic (exact) mass is 280 g/mol. The Morgan fingerprint density at radius 1 is 1.22 bits per heavy atom. The zero-order valence-corrected chi connectivity index (χ0v) is 12.2. The van der Waals surface area contributed by atoms with Crippen molar-refractivity contribution < 1.29 is 18.3 Å². The Hall–Kier alpha value is -0.210. The van der Waals surface area contributed by atoms with Crippen LogP contribution in [-0.4, -0.2) is 80.5 Å². The molecule has 0 amide bonds. The van der Waals surface area contributed by atoms with Gasteiger partial charge < -0.3 is 9.84 Å². The molecule has 7 heteroatoms. The Balaban J connectivity index is 2.44. The fourth-order valence-electron chi connectivity index (χ4n) is 2.03. The number of piperazine rings is 1. The van der Waals surface area contributed by atoms with E-state index < -0.39 is 15.6 Å². The van der Waals surface area contributed by atoms with E-state index in [9.17, 15) is 13.5 Å². The van der Waals surface area contributed by atoms with Gasteiger partial charge in [-0.1, -0.05) is 0 Å². The van der Waals surface area contributed by atoms with E-state index >= 15 is 0 Å². The topological polar surface area (TPSA) is 70.1 Å². The number of nitrogens with zero attached hydrogens (tertiary/aromatic N) is 2. The van der Waals surface area contributed by atoms with Crippen LogP contribution in [0.1, 0.15) is 13.8 Å². The van der Waals surface area contributed by atoms with Gasteiger partial charge in [0.05, 0.1) is 18.0 Å². The summed E-state index contributed by atoms with van der Waals surface area (Å²) in [4.78, 5) is 2.09. The number of rotatable bonds is 6. The molecule has 0 aromatic carbocycles. The Bertz CT molecular complexity index is 343. The second-order valence-corrected chi connectivity index (χ2v) is 7.38. The summed E-state index contributed by atoms with van der Waals surface area (Å²) in [6, 6.07) is 0. The first-order valence-electron chi connectivity index (χ1n) is 6.16. The van der Waals surface area contributed by atoms with E-state index in [1.165, 1.54) is 11.4 Å². The van der Waals surface area contributed by atoms with Gasteiger partial charge in [-0.05, 0) is 13.8 Å². The first kappa shape index (κ1) is 15.8. The summed E-state index contributed by atoms with van der Waals surface area (Å²) in [5.74, 6) is 0.0367. The third-order valence-corrected chi connectivity index (χ3v) is 4.72. The summed E-state index contributed by atoms with van der Waals surface area (Å²) < 4.78 is 30.1. The van der Waals surface area contributed by atoms with Crippen LogP contribution in [0.3, 0.4) is 0 Å². The highest BCUT2D eigenvalue weighted by Crippen LogP contribution is 2.11. The molecular weight excluding hydrogens is 256 g/mol. The lowest BCUT2D eigenvalue weighted by Crippen LogP contribution is -2.52. The number of ether oxygens (including phenoxy) is 1. The number of aliphatic hydroxyl groups is 1. The SMILES string of the molecule is COCCS(=O)(=O)N1CCN(CC(C)(C)O)CC1. The lowest BCUT2D eigenvalue weighted by atomic mass is 10.1. The van der Waals surface area contributed by atoms with Crippen molar-refractivity contribution in [1.82, 2.24) is 9.21 Å². The van der Waals surface area contributed by atoms with Crippen LogP contribution < -0.4 is 0 Å². The van der Waals surface area contributed by atoms with E-state index in [4.69, 9.17) is 4.74 Å². The lowest BCUT2D eigenvalue weighted by Gasteiger charge is -2.36. The van der Waals surface area contributed by atoms with Gasteiger partial charge in [-0.15, -0.1) is 0 Å². The van der Waals surface area contributed by atoms with Crippen molar-refractivity contribution >= 4 is 10.0 Å². The summed E-state index contributed by atoms with van der Waals surface area (Å²) in [5.41, 5.74) is -0.739. The number of methoxy groups -OCH3 is 1. The minimum Gasteiger partial charge on any atom is -0.389 e. The molecule has 1 saturated heterocycles. The van der Waals surface area contributed by atoms with Gasteiger partial charge >= 0.3 is 0 Å². The van der Waals surface area contributed by atoms with Crippen molar-refractivity contribution in [3.8, 4) is 0 Å². The third kappa shape index (κ3) is 5.19. The fraction of sp³-hybridized carbons (Fsp3) is 1.00. The van der Waals surface area contributed by atoms with Crippen LogP contribution >= 0.6 is 0 Å². The van der Waals surface area contributed by atoms with Gasteiger partial charge in [0.1, 0.15) is 0 Å². The Morgan fingerprint density at radius 3 is 2.22 bits per heavy atom. The Morgan fingerprint density at radius 2 is 1.78 bits per heavy atom. The van der Waals surface area contributed by atoms with E-state index in [2.05, 4.69) is 4.90 Å². The van der Waals surface area contributed by atoms with Crippen molar-refractivity contribution in [1.29, 1.82) is 0 Å². The first-order valence-corrected chi connectivity index (χ1v) is 7.77. The predicted octanol–water partition coefficient (Wildman–Crippen LogP) is -0.649. The molecule has 1 aliphatic rings. The molecule has 108 valence electrons. The highest BCUT2D eigenvalue weighted by Gasteiger charge is 2.28. The average molecular weight is 280 g/mol. The van der Waals surface area contributed by atoms with Gasteiger partial charge in [0.25, 0.3) is 0 Å². The fourth-order valence-corrected chi connectivity index (χ4v) is 3.39. The molecule has 18 heavy (non-hydrogen) atoms. The average Bonchev–Trinajstić information content (AvgIpc) is 2.25. The van der Waals surface area contributed by atoms with Crippen molar-refractivity contribution in [3.63, 3.8) is 0 Å². The van der Waals surface area contributed by atoms with E-state index in [1.807, 2.05) is 0 Å². The molecular formula is C11H24N2O4S. The van der Waals surface area contributed by atoms with Crippen molar-refractivity contribution in [2.24, 2.45) is 0 Å². The van der Waals surface area contributed by atoms with E-state index in [0.29, 0.717) is 32.7 Å². The molecule has 0 aromatic rings. The predicted molar refractivity (Wildman–Crippen MR) is 70.0 cm³/mol. The maximum atomic E-state index is 11.9. The lowest BCUT2D eigenvalue weighted by molar-refractivity contribution is 0.0262. The third-order valence-electron chi connectivity index (χ3n) is 2.88. The van der Waals surface area contributed by atoms with Crippen molar-refractivity contribution in [2.75, 3.05) is 52.2 Å². The van der Waals surface area contributed by atoms with Gasteiger partial charge in [-0.3, -0.25) is 4.90 Å². The highest BCUT2D eigenvalue weighted by atomic mass is 32.2. The van der Waals surface area contributed by atoms with Gasteiger partial charge in [0.15, 0.2) is 0 Å². The zero-order valence-electron chi connectivity index (χ0n) is 11.4. The Labute approximate surface area is 110 Å². The van der Waals surface area contributed by atoms with Crippen LogP contribution in [0.25, 0.3) is 0 Å². The van der Waals surface area contributed by atoms with Crippen molar-refractivity contribution in [2.45, 2.75) is 19.4 Å². The molecule has 0 spiro atoms. The van der Waals surface area contributed by atoms with Crippen molar-refractivity contribution in [3.05, 3.63) is 0 Å². The minimum atomic E-state index is -3.19. The molecule has 0 atom stereocenters. The molecule has 1 rings (SSSR count). The molecule has 0 bridgehead atoms. The van der Waals surface area contributed by atoms with Gasteiger partial charge in [0.2, 0.25) is 10.0 Å². The maximum Gasteiger partial charge on any atom is 0.216 e. The summed E-state index contributed by atoms with van der Waals surface area (Å²) in [5, 5.41) is 9.72. The van der Waals surface area contributed by atoms with Gasteiger partial charge in [-0.2, -0.15) is 4.31 Å². The summed E-state index contributed by atoms with van der Waals surface area (Å²) in [6.07, 6.45) is 0. The molecule has 0 saturated carbocycles. The second-order valence-electron chi connectivity index (χ2n) is 5.30. The molecule has 6 nitrogen and oxygen atoms in total. The molecule has 1 heterocycles. The van der Waals surface area contributed by atoms with E-state index in [-0.39, 0.29) is 12.4 Å². The molecule has 1 aliphatic heterocycles. The van der Waals surface area contributed by atoms with Gasteiger partial charge in [-0.25, -0.2) is 8.42 Å². The van der Waals surface area contributed by atoms with Gasteiger partial charge in [0, 0.05) is 39.8 Å². The molecule has 0 unspecified atom stereocenters.